The van der Waals surface area contributed by atoms with E-state index in [4.69, 9.17) is 4.74 Å². The molecule has 0 aromatic rings. The van der Waals surface area contributed by atoms with E-state index in [-0.39, 0.29) is 12.0 Å². The number of nitrogens with zero attached hydrogens (tertiary/aromatic N) is 1. The van der Waals surface area contributed by atoms with Gasteiger partial charge in [0.15, 0.2) is 0 Å². The van der Waals surface area contributed by atoms with Crippen molar-refractivity contribution >= 4 is 5.97 Å². The van der Waals surface area contributed by atoms with Gasteiger partial charge in [0.2, 0.25) is 0 Å². The van der Waals surface area contributed by atoms with Crippen LogP contribution >= 0.6 is 0 Å². The first-order valence-corrected chi connectivity index (χ1v) is 7.07. The summed E-state index contributed by atoms with van der Waals surface area (Å²) in [7, 11) is 0. The van der Waals surface area contributed by atoms with E-state index in [0.29, 0.717) is 12.0 Å². The molecule has 1 unspecified atom stereocenters. The van der Waals surface area contributed by atoms with Gasteiger partial charge in [0, 0.05) is 0 Å². The summed E-state index contributed by atoms with van der Waals surface area (Å²) in [6, 6.07) is -0.0614. The van der Waals surface area contributed by atoms with Crippen LogP contribution in [0.2, 0.25) is 0 Å². The number of hydrogen-bond acceptors (Lipinski definition) is 3. The Balaban J connectivity index is 1.83. The molecule has 1 aliphatic carbocycles. The molecule has 17 heavy (non-hydrogen) atoms. The number of ether oxygens (including phenoxy) is 1. The fraction of sp³-hybridized carbons (Fsp3) is 0.929. The summed E-state index contributed by atoms with van der Waals surface area (Å²) in [4.78, 5) is 14.0. The van der Waals surface area contributed by atoms with E-state index in [0.717, 1.165) is 13.1 Å². The van der Waals surface area contributed by atoms with Gasteiger partial charge in [-0.25, -0.2) is 0 Å². The molecule has 0 radical (unpaired) electrons. The number of carbonyl (C=O) groups excluding carboxylic acids is 1. The van der Waals surface area contributed by atoms with Crippen LogP contribution in [0.1, 0.15) is 52.4 Å². The highest BCUT2D eigenvalue weighted by Gasteiger charge is 2.38. The molecule has 2 fully saturated rings. The van der Waals surface area contributed by atoms with E-state index >= 15 is 0 Å². The molecule has 98 valence electrons. The molecule has 1 aliphatic heterocycles. The molecule has 3 heteroatoms. The molecule has 1 saturated heterocycles. The smallest absolute Gasteiger partial charge is 0.323 e. The fourth-order valence-electron chi connectivity index (χ4n) is 3.42. The maximum atomic E-state index is 11.7. The number of hydrogen-bond donors (Lipinski definition) is 0. The van der Waals surface area contributed by atoms with Crippen molar-refractivity contribution in [2.45, 2.75) is 58.4 Å². The van der Waals surface area contributed by atoms with Gasteiger partial charge < -0.3 is 4.74 Å². The summed E-state index contributed by atoms with van der Waals surface area (Å²) in [5.74, 6) is -0.0603. The molecule has 0 amide bonds. The molecule has 1 spiro atoms. The summed E-state index contributed by atoms with van der Waals surface area (Å²) < 4.78 is 5.09. The SMILES string of the molecule is CCOC(=O)C(C)N1CCC2(CCCC2)CC1. The maximum Gasteiger partial charge on any atom is 0.323 e. The lowest BCUT2D eigenvalue weighted by atomic mass is 9.77. The van der Waals surface area contributed by atoms with E-state index in [1.165, 1.54) is 38.5 Å². The minimum absolute atomic E-state index is 0.0603. The molecular formula is C14H25NO2. The van der Waals surface area contributed by atoms with Crippen molar-refractivity contribution in [1.29, 1.82) is 0 Å². The van der Waals surface area contributed by atoms with Gasteiger partial charge in [0.1, 0.15) is 6.04 Å². The normalized spacial score (nSPS) is 26.0. The summed E-state index contributed by atoms with van der Waals surface area (Å²) in [5.41, 5.74) is 0.630. The highest BCUT2D eigenvalue weighted by molar-refractivity contribution is 5.75. The number of piperidine rings is 1. The quantitative estimate of drug-likeness (QED) is 0.709. The van der Waals surface area contributed by atoms with Crippen molar-refractivity contribution in [3.63, 3.8) is 0 Å². The van der Waals surface area contributed by atoms with E-state index in [9.17, 15) is 4.79 Å². The Labute approximate surface area is 105 Å². The molecule has 1 saturated carbocycles. The van der Waals surface area contributed by atoms with E-state index in [1.807, 2.05) is 13.8 Å². The molecule has 2 rings (SSSR count). The van der Waals surface area contributed by atoms with Crippen LogP contribution in [-0.2, 0) is 9.53 Å². The second-order valence-electron chi connectivity index (χ2n) is 5.67. The van der Waals surface area contributed by atoms with Gasteiger partial charge in [-0.3, -0.25) is 9.69 Å². The summed E-state index contributed by atoms with van der Waals surface area (Å²) in [5, 5.41) is 0. The minimum Gasteiger partial charge on any atom is -0.465 e. The topological polar surface area (TPSA) is 29.5 Å². The first kappa shape index (κ1) is 12.9. The summed E-state index contributed by atoms with van der Waals surface area (Å²) in [6.07, 6.45) is 8.19. The monoisotopic (exact) mass is 239 g/mol. The number of likely N-dealkylation sites (tertiary alicyclic amines) is 1. The molecule has 0 aromatic heterocycles. The fourth-order valence-corrected chi connectivity index (χ4v) is 3.42. The van der Waals surface area contributed by atoms with Crippen LogP contribution in [0.4, 0.5) is 0 Å². The standard InChI is InChI=1S/C14H25NO2/c1-3-17-13(16)12(2)15-10-8-14(9-11-15)6-4-5-7-14/h12H,3-11H2,1-2H3. The van der Waals surface area contributed by atoms with Crippen molar-refractivity contribution in [2.75, 3.05) is 19.7 Å². The number of rotatable bonds is 3. The number of carbonyl (C=O) groups is 1. The number of esters is 1. The largest absolute Gasteiger partial charge is 0.465 e. The molecule has 2 aliphatic rings. The van der Waals surface area contributed by atoms with Crippen LogP contribution in [0.25, 0.3) is 0 Å². The van der Waals surface area contributed by atoms with Gasteiger partial charge in [0.05, 0.1) is 6.61 Å². The van der Waals surface area contributed by atoms with Crippen molar-refractivity contribution < 1.29 is 9.53 Å². The third kappa shape index (κ3) is 2.82. The molecule has 0 N–H and O–H groups in total. The average Bonchev–Trinajstić information content (AvgIpc) is 2.78. The van der Waals surface area contributed by atoms with Gasteiger partial charge in [-0.15, -0.1) is 0 Å². The summed E-state index contributed by atoms with van der Waals surface area (Å²) in [6.45, 7) is 6.47. The third-order valence-electron chi connectivity index (χ3n) is 4.70. The van der Waals surface area contributed by atoms with Crippen LogP contribution in [0.5, 0.6) is 0 Å². The van der Waals surface area contributed by atoms with Crippen LogP contribution in [-0.4, -0.2) is 36.6 Å². The Morgan fingerprint density at radius 2 is 1.82 bits per heavy atom. The van der Waals surface area contributed by atoms with Crippen molar-refractivity contribution in [3.8, 4) is 0 Å². The second-order valence-corrected chi connectivity index (χ2v) is 5.67. The summed E-state index contributed by atoms with van der Waals surface area (Å²) >= 11 is 0. The van der Waals surface area contributed by atoms with Gasteiger partial charge in [-0.2, -0.15) is 0 Å². The van der Waals surface area contributed by atoms with Gasteiger partial charge in [0.25, 0.3) is 0 Å². The molecule has 0 aromatic carbocycles. The Hall–Kier alpha value is -0.570. The van der Waals surface area contributed by atoms with Crippen molar-refractivity contribution in [1.82, 2.24) is 4.90 Å². The average molecular weight is 239 g/mol. The zero-order chi connectivity index (χ0) is 12.3. The molecule has 3 nitrogen and oxygen atoms in total. The Morgan fingerprint density at radius 3 is 2.35 bits per heavy atom. The maximum absolute atomic E-state index is 11.7. The Kier molecular flexibility index (Phi) is 4.08. The Morgan fingerprint density at radius 1 is 1.24 bits per heavy atom. The molecule has 1 atom stereocenters. The lowest BCUT2D eigenvalue weighted by Crippen LogP contribution is -2.47. The highest BCUT2D eigenvalue weighted by atomic mass is 16.5. The van der Waals surface area contributed by atoms with E-state index in [1.54, 1.807) is 0 Å². The predicted octanol–water partition coefficient (Wildman–Crippen LogP) is 2.59. The zero-order valence-corrected chi connectivity index (χ0v) is 11.2. The van der Waals surface area contributed by atoms with Crippen LogP contribution in [0, 0.1) is 5.41 Å². The zero-order valence-electron chi connectivity index (χ0n) is 11.2. The van der Waals surface area contributed by atoms with E-state index < -0.39 is 0 Å². The van der Waals surface area contributed by atoms with Gasteiger partial charge >= 0.3 is 5.97 Å². The van der Waals surface area contributed by atoms with E-state index in [2.05, 4.69) is 4.90 Å². The molecular weight excluding hydrogens is 214 g/mol. The molecule has 0 bridgehead atoms. The third-order valence-corrected chi connectivity index (χ3v) is 4.70. The predicted molar refractivity (Wildman–Crippen MR) is 67.8 cm³/mol. The minimum atomic E-state index is -0.0614. The first-order chi connectivity index (χ1) is 8.17. The van der Waals surface area contributed by atoms with Crippen molar-refractivity contribution in [2.24, 2.45) is 5.41 Å². The van der Waals surface area contributed by atoms with Crippen LogP contribution in [0.3, 0.4) is 0 Å². The van der Waals surface area contributed by atoms with Crippen LogP contribution in [0.15, 0.2) is 0 Å². The van der Waals surface area contributed by atoms with Gasteiger partial charge in [-0.1, -0.05) is 12.8 Å². The van der Waals surface area contributed by atoms with Crippen LogP contribution < -0.4 is 0 Å². The molecule has 1 heterocycles. The van der Waals surface area contributed by atoms with Crippen molar-refractivity contribution in [3.05, 3.63) is 0 Å². The van der Waals surface area contributed by atoms with Gasteiger partial charge in [-0.05, 0) is 58.0 Å². The lowest BCUT2D eigenvalue weighted by molar-refractivity contribution is -0.149. The Bertz CT molecular complexity index is 261. The second kappa shape index (κ2) is 5.38. The highest BCUT2D eigenvalue weighted by Crippen LogP contribution is 2.46. The first-order valence-electron chi connectivity index (χ1n) is 7.07. The lowest BCUT2D eigenvalue weighted by Gasteiger charge is -2.41.